The molecule has 0 radical (unpaired) electrons. The van der Waals surface area contributed by atoms with Crippen molar-refractivity contribution in [3.63, 3.8) is 0 Å². The van der Waals surface area contributed by atoms with Gasteiger partial charge in [-0.05, 0) is 40.0 Å². The molecule has 0 saturated carbocycles. The summed E-state index contributed by atoms with van der Waals surface area (Å²) in [6, 6.07) is 0. The van der Waals surface area contributed by atoms with Crippen LogP contribution in [0.3, 0.4) is 0 Å². The number of rotatable bonds is 9. The monoisotopic (exact) mass is 230 g/mol. The highest BCUT2D eigenvalue weighted by Gasteiger charge is 2.14. The van der Waals surface area contributed by atoms with Crippen molar-refractivity contribution in [1.82, 2.24) is 0 Å². The number of carbonyl (C=O) groups excluding carboxylic acids is 1. The Morgan fingerprint density at radius 2 is 1.81 bits per heavy atom. The van der Waals surface area contributed by atoms with Crippen molar-refractivity contribution in [2.75, 3.05) is 13.2 Å². The molecule has 0 atom stereocenters. The van der Waals surface area contributed by atoms with Gasteiger partial charge in [0.15, 0.2) is 0 Å². The lowest BCUT2D eigenvalue weighted by molar-refractivity contribution is -0.143. The van der Waals surface area contributed by atoms with Crippen LogP contribution in [0.1, 0.15) is 59.8 Å². The molecule has 16 heavy (non-hydrogen) atoms. The van der Waals surface area contributed by atoms with Crippen LogP contribution in [0.2, 0.25) is 0 Å². The topological polar surface area (TPSA) is 35.5 Å². The molecule has 0 N–H and O–H groups in total. The number of esters is 1. The van der Waals surface area contributed by atoms with Crippen LogP contribution in [0, 0.1) is 0 Å². The molecule has 0 heterocycles. The minimum atomic E-state index is -0.0858. The Balaban J connectivity index is 3.31. The lowest BCUT2D eigenvalue weighted by atomic mass is 10.1. The van der Waals surface area contributed by atoms with E-state index in [0.29, 0.717) is 13.0 Å². The smallest absolute Gasteiger partial charge is 0.305 e. The van der Waals surface area contributed by atoms with Gasteiger partial charge in [-0.2, -0.15) is 0 Å². The molecule has 0 saturated heterocycles. The molecule has 0 aliphatic carbocycles. The quantitative estimate of drug-likeness (QED) is 0.450. The minimum absolute atomic E-state index is 0.0128. The van der Waals surface area contributed by atoms with E-state index in [2.05, 4.69) is 20.8 Å². The molecule has 0 unspecified atom stereocenters. The molecule has 0 amide bonds. The zero-order chi connectivity index (χ0) is 12.4. The van der Waals surface area contributed by atoms with Crippen molar-refractivity contribution in [1.29, 1.82) is 0 Å². The molecule has 0 fully saturated rings. The molecule has 0 aromatic heterocycles. The average molecular weight is 230 g/mol. The van der Waals surface area contributed by atoms with Gasteiger partial charge in [0, 0.05) is 13.0 Å². The second-order valence-electron chi connectivity index (χ2n) is 4.58. The Kier molecular flexibility index (Phi) is 8.26. The fourth-order valence-corrected chi connectivity index (χ4v) is 1.23. The second kappa shape index (κ2) is 8.57. The molecular formula is C13H26O3. The molecule has 0 aliphatic rings. The Bertz CT molecular complexity index is 188. The van der Waals surface area contributed by atoms with Crippen LogP contribution in [-0.2, 0) is 14.3 Å². The van der Waals surface area contributed by atoms with Gasteiger partial charge in [0.05, 0.1) is 12.2 Å². The van der Waals surface area contributed by atoms with E-state index in [1.165, 1.54) is 0 Å². The Hall–Kier alpha value is -0.570. The first-order chi connectivity index (χ1) is 7.52. The molecule has 0 bridgehead atoms. The molecule has 0 aliphatic heterocycles. The summed E-state index contributed by atoms with van der Waals surface area (Å²) in [5.41, 5.74) is -0.0128. The standard InChI is InChI=1S/C13H26O3/c1-5-13(3,4)16-11-9-7-8-10-12(14)15-6-2/h5-11H2,1-4H3. The normalized spacial score (nSPS) is 11.5. The van der Waals surface area contributed by atoms with Gasteiger partial charge < -0.3 is 9.47 Å². The van der Waals surface area contributed by atoms with E-state index in [9.17, 15) is 4.79 Å². The summed E-state index contributed by atoms with van der Waals surface area (Å²) in [5, 5.41) is 0. The van der Waals surface area contributed by atoms with Crippen molar-refractivity contribution in [3.05, 3.63) is 0 Å². The van der Waals surface area contributed by atoms with E-state index in [4.69, 9.17) is 9.47 Å². The maximum absolute atomic E-state index is 11.0. The van der Waals surface area contributed by atoms with Crippen LogP contribution in [0.25, 0.3) is 0 Å². The third-order valence-corrected chi connectivity index (χ3v) is 2.67. The summed E-state index contributed by atoms with van der Waals surface area (Å²) >= 11 is 0. The van der Waals surface area contributed by atoms with Gasteiger partial charge in [-0.25, -0.2) is 0 Å². The number of ether oxygens (including phenoxy) is 2. The first-order valence-corrected chi connectivity index (χ1v) is 6.31. The van der Waals surface area contributed by atoms with Gasteiger partial charge >= 0.3 is 5.97 Å². The second-order valence-corrected chi connectivity index (χ2v) is 4.58. The first kappa shape index (κ1) is 15.4. The summed E-state index contributed by atoms with van der Waals surface area (Å²) in [7, 11) is 0. The van der Waals surface area contributed by atoms with Gasteiger partial charge in [-0.15, -0.1) is 0 Å². The van der Waals surface area contributed by atoms with Crippen LogP contribution >= 0.6 is 0 Å². The Morgan fingerprint density at radius 1 is 1.12 bits per heavy atom. The molecule has 0 aromatic rings. The van der Waals surface area contributed by atoms with Crippen molar-refractivity contribution in [2.45, 2.75) is 65.4 Å². The maximum Gasteiger partial charge on any atom is 0.305 e. The highest BCUT2D eigenvalue weighted by atomic mass is 16.5. The molecule has 3 heteroatoms. The van der Waals surface area contributed by atoms with Crippen LogP contribution in [0.15, 0.2) is 0 Å². The van der Waals surface area contributed by atoms with Crippen molar-refractivity contribution >= 4 is 5.97 Å². The van der Waals surface area contributed by atoms with E-state index in [0.717, 1.165) is 32.3 Å². The maximum atomic E-state index is 11.0. The number of unbranched alkanes of at least 4 members (excludes halogenated alkanes) is 2. The lowest BCUT2D eigenvalue weighted by Gasteiger charge is -2.23. The summed E-state index contributed by atoms with van der Waals surface area (Å²) in [4.78, 5) is 11.0. The molecular weight excluding hydrogens is 204 g/mol. The van der Waals surface area contributed by atoms with Gasteiger partial charge in [-0.1, -0.05) is 13.3 Å². The van der Waals surface area contributed by atoms with Gasteiger partial charge in [0.25, 0.3) is 0 Å². The molecule has 96 valence electrons. The van der Waals surface area contributed by atoms with E-state index in [1.807, 2.05) is 6.92 Å². The number of carbonyl (C=O) groups is 1. The summed E-state index contributed by atoms with van der Waals surface area (Å²) in [5.74, 6) is -0.0858. The Labute approximate surface area is 99.5 Å². The number of hydrogen-bond donors (Lipinski definition) is 0. The fraction of sp³-hybridized carbons (Fsp3) is 0.923. The fourth-order valence-electron chi connectivity index (χ4n) is 1.23. The van der Waals surface area contributed by atoms with Crippen LogP contribution in [0.5, 0.6) is 0 Å². The third kappa shape index (κ3) is 8.72. The average Bonchev–Trinajstić information content (AvgIpc) is 2.23. The van der Waals surface area contributed by atoms with E-state index in [-0.39, 0.29) is 11.6 Å². The minimum Gasteiger partial charge on any atom is -0.466 e. The predicted molar refractivity (Wildman–Crippen MR) is 65.4 cm³/mol. The van der Waals surface area contributed by atoms with E-state index >= 15 is 0 Å². The highest BCUT2D eigenvalue weighted by molar-refractivity contribution is 5.69. The lowest BCUT2D eigenvalue weighted by Crippen LogP contribution is -2.23. The van der Waals surface area contributed by atoms with Gasteiger partial charge in [0.2, 0.25) is 0 Å². The SMILES string of the molecule is CCOC(=O)CCCCCOC(C)(C)CC. The van der Waals surface area contributed by atoms with Gasteiger partial charge in [-0.3, -0.25) is 4.79 Å². The summed E-state index contributed by atoms with van der Waals surface area (Å²) in [6.45, 7) is 9.42. The van der Waals surface area contributed by atoms with Crippen molar-refractivity contribution < 1.29 is 14.3 Å². The predicted octanol–water partition coefficient (Wildman–Crippen LogP) is 3.32. The van der Waals surface area contributed by atoms with Crippen LogP contribution < -0.4 is 0 Å². The summed E-state index contributed by atoms with van der Waals surface area (Å²) in [6.07, 6.45) is 4.50. The molecule has 3 nitrogen and oxygen atoms in total. The van der Waals surface area contributed by atoms with Crippen LogP contribution in [-0.4, -0.2) is 24.8 Å². The molecule has 0 spiro atoms. The largest absolute Gasteiger partial charge is 0.466 e. The van der Waals surface area contributed by atoms with E-state index < -0.39 is 0 Å². The van der Waals surface area contributed by atoms with Crippen LogP contribution in [0.4, 0.5) is 0 Å². The zero-order valence-electron chi connectivity index (χ0n) is 11.2. The third-order valence-electron chi connectivity index (χ3n) is 2.67. The molecule has 0 aromatic carbocycles. The number of hydrogen-bond acceptors (Lipinski definition) is 3. The Morgan fingerprint density at radius 3 is 2.38 bits per heavy atom. The van der Waals surface area contributed by atoms with Crippen molar-refractivity contribution in [2.24, 2.45) is 0 Å². The van der Waals surface area contributed by atoms with Gasteiger partial charge in [0.1, 0.15) is 0 Å². The zero-order valence-corrected chi connectivity index (χ0v) is 11.2. The van der Waals surface area contributed by atoms with Crippen molar-refractivity contribution in [3.8, 4) is 0 Å². The molecule has 0 rings (SSSR count). The first-order valence-electron chi connectivity index (χ1n) is 6.31. The van der Waals surface area contributed by atoms with E-state index in [1.54, 1.807) is 0 Å². The summed E-state index contributed by atoms with van der Waals surface area (Å²) < 4.78 is 10.6. The highest BCUT2D eigenvalue weighted by Crippen LogP contribution is 2.14.